The molecule has 1 saturated heterocycles. The predicted octanol–water partition coefficient (Wildman–Crippen LogP) is 2.20. The number of hydrogen-bond acceptors (Lipinski definition) is 4. The molecule has 3 rings (SSSR count). The molecule has 0 spiro atoms. The number of hydrogen-bond donors (Lipinski definition) is 1. The summed E-state index contributed by atoms with van der Waals surface area (Å²) in [4.78, 5) is 8.50. The number of ether oxygens (including phenoxy) is 1. The lowest BCUT2D eigenvalue weighted by molar-refractivity contribution is 0.00632. The van der Waals surface area contributed by atoms with Crippen molar-refractivity contribution in [3.05, 3.63) is 17.6 Å². The van der Waals surface area contributed by atoms with Gasteiger partial charge in [-0.25, -0.2) is 9.97 Å². The molecule has 1 aliphatic rings. The van der Waals surface area contributed by atoms with Crippen LogP contribution in [0.4, 0.5) is 5.82 Å². The highest BCUT2D eigenvalue weighted by Gasteiger charge is 2.20. The lowest BCUT2D eigenvalue weighted by atomic mass is 10.1. The van der Waals surface area contributed by atoms with E-state index in [1.165, 1.54) is 30.4 Å². The molecule has 0 aliphatic carbocycles. The summed E-state index contributed by atoms with van der Waals surface area (Å²) in [7, 11) is 0. The number of anilines is 1. The summed E-state index contributed by atoms with van der Waals surface area (Å²) in [5.41, 5.74) is 9.28. The Morgan fingerprint density at radius 3 is 2.95 bits per heavy atom. The van der Waals surface area contributed by atoms with Gasteiger partial charge in [0.25, 0.3) is 0 Å². The second-order valence-corrected chi connectivity index (χ2v) is 5.27. The van der Waals surface area contributed by atoms with Gasteiger partial charge < -0.3 is 15.0 Å². The summed E-state index contributed by atoms with van der Waals surface area (Å²) in [5.74, 6) is 0.564. The van der Waals surface area contributed by atoms with Crippen LogP contribution in [0.1, 0.15) is 30.5 Å². The van der Waals surface area contributed by atoms with Crippen molar-refractivity contribution in [2.24, 2.45) is 0 Å². The summed E-state index contributed by atoms with van der Waals surface area (Å²) in [5, 5.41) is 0.982. The third-order valence-electron chi connectivity index (χ3n) is 4.10. The molecule has 2 aromatic heterocycles. The fraction of sp³-hybridized carbons (Fsp3) is 0.571. The number of fused-ring (bicyclic) bond motifs is 1. The minimum Gasteiger partial charge on any atom is -0.383 e. The van der Waals surface area contributed by atoms with Crippen LogP contribution in [0.15, 0.2) is 6.33 Å². The molecule has 2 N–H and O–H groups in total. The highest BCUT2D eigenvalue weighted by molar-refractivity contribution is 5.90. The van der Waals surface area contributed by atoms with Crippen molar-refractivity contribution in [2.45, 2.75) is 45.8 Å². The van der Waals surface area contributed by atoms with Gasteiger partial charge in [-0.2, -0.15) is 0 Å². The molecule has 1 fully saturated rings. The van der Waals surface area contributed by atoms with E-state index in [1.807, 2.05) is 0 Å². The van der Waals surface area contributed by atoms with E-state index >= 15 is 0 Å². The quantitative estimate of drug-likeness (QED) is 0.899. The van der Waals surface area contributed by atoms with Crippen LogP contribution in [0, 0.1) is 13.8 Å². The van der Waals surface area contributed by atoms with Crippen LogP contribution in [0.5, 0.6) is 0 Å². The molecule has 0 radical (unpaired) electrons. The van der Waals surface area contributed by atoms with Gasteiger partial charge >= 0.3 is 0 Å². The Labute approximate surface area is 112 Å². The Kier molecular flexibility index (Phi) is 3.14. The van der Waals surface area contributed by atoms with Gasteiger partial charge in [-0.1, -0.05) is 0 Å². The van der Waals surface area contributed by atoms with E-state index in [0.29, 0.717) is 11.9 Å². The van der Waals surface area contributed by atoms with Gasteiger partial charge in [0.1, 0.15) is 17.8 Å². The zero-order valence-corrected chi connectivity index (χ0v) is 11.5. The predicted molar refractivity (Wildman–Crippen MR) is 75.0 cm³/mol. The molecular formula is C14H20N4O. The molecule has 1 atom stereocenters. The summed E-state index contributed by atoms with van der Waals surface area (Å²) in [6, 6.07) is 0. The molecule has 102 valence electrons. The Morgan fingerprint density at radius 1 is 1.37 bits per heavy atom. The van der Waals surface area contributed by atoms with Crippen LogP contribution in [-0.2, 0) is 11.3 Å². The summed E-state index contributed by atoms with van der Waals surface area (Å²) >= 11 is 0. The van der Waals surface area contributed by atoms with Gasteiger partial charge in [-0.05, 0) is 38.7 Å². The molecule has 19 heavy (non-hydrogen) atoms. The molecule has 2 aromatic rings. The minimum atomic E-state index is 0.290. The summed E-state index contributed by atoms with van der Waals surface area (Å²) in [6.45, 7) is 5.92. The third-order valence-corrected chi connectivity index (χ3v) is 4.10. The van der Waals surface area contributed by atoms with Crippen molar-refractivity contribution < 1.29 is 4.74 Å². The van der Waals surface area contributed by atoms with Crippen LogP contribution >= 0.6 is 0 Å². The maximum atomic E-state index is 5.98. The highest BCUT2D eigenvalue weighted by atomic mass is 16.5. The van der Waals surface area contributed by atoms with E-state index in [1.54, 1.807) is 0 Å². The monoisotopic (exact) mass is 260 g/mol. The highest BCUT2D eigenvalue weighted by Crippen LogP contribution is 2.28. The van der Waals surface area contributed by atoms with Crippen molar-refractivity contribution in [1.29, 1.82) is 0 Å². The average molecular weight is 260 g/mol. The Morgan fingerprint density at radius 2 is 2.21 bits per heavy atom. The third kappa shape index (κ3) is 2.08. The molecule has 0 saturated carbocycles. The average Bonchev–Trinajstić information content (AvgIpc) is 2.66. The number of nitrogens with zero attached hydrogens (tertiary/aromatic N) is 3. The van der Waals surface area contributed by atoms with E-state index < -0.39 is 0 Å². The van der Waals surface area contributed by atoms with Crippen LogP contribution in [0.3, 0.4) is 0 Å². The zero-order valence-electron chi connectivity index (χ0n) is 11.5. The Balaban J connectivity index is 2.03. The van der Waals surface area contributed by atoms with E-state index in [4.69, 9.17) is 10.5 Å². The Bertz CT molecular complexity index is 599. The van der Waals surface area contributed by atoms with Crippen LogP contribution in [-0.4, -0.2) is 27.2 Å². The molecular weight excluding hydrogens is 240 g/mol. The first kappa shape index (κ1) is 12.4. The topological polar surface area (TPSA) is 66.0 Å². The van der Waals surface area contributed by atoms with Crippen molar-refractivity contribution in [3.8, 4) is 0 Å². The zero-order chi connectivity index (χ0) is 13.4. The van der Waals surface area contributed by atoms with E-state index in [0.717, 1.165) is 30.6 Å². The van der Waals surface area contributed by atoms with Crippen molar-refractivity contribution >= 4 is 16.9 Å². The number of aromatic nitrogens is 3. The second kappa shape index (κ2) is 4.81. The normalized spacial score (nSPS) is 20.0. The molecule has 0 aromatic carbocycles. The van der Waals surface area contributed by atoms with E-state index in [9.17, 15) is 0 Å². The lowest BCUT2D eigenvalue weighted by Gasteiger charge is -2.23. The van der Waals surface area contributed by atoms with Gasteiger partial charge in [0.2, 0.25) is 0 Å². The maximum Gasteiger partial charge on any atom is 0.146 e. The first-order valence-corrected chi connectivity index (χ1v) is 6.86. The molecule has 1 aliphatic heterocycles. The molecule has 5 nitrogen and oxygen atoms in total. The van der Waals surface area contributed by atoms with E-state index in [-0.39, 0.29) is 0 Å². The fourth-order valence-corrected chi connectivity index (χ4v) is 2.87. The van der Waals surface area contributed by atoms with Crippen molar-refractivity contribution in [1.82, 2.24) is 14.5 Å². The molecule has 0 amide bonds. The van der Waals surface area contributed by atoms with E-state index in [2.05, 4.69) is 28.4 Å². The standard InChI is InChI=1S/C14H20N4O/c1-9-10(2)18(7-11-5-3-4-6-19-11)14-12(9)13(15)16-8-17-14/h8,11H,3-7H2,1-2H3,(H2,15,16,17). The first-order valence-electron chi connectivity index (χ1n) is 6.86. The first-order chi connectivity index (χ1) is 9.18. The minimum absolute atomic E-state index is 0.290. The van der Waals surface area contributed by atoms with Gasteiger partial charge in [-0.15, -0.1) is 0 Å². The van der Waals surface area contributed by atoms with Crippen LogP contribution in [0.25, 0.3) is 11.0 Å². The smallest absolute Gasteiger partial charge is 0.146 e. The molecule has 1 unspecified atom stereocenters. The second-order valence-electron chi connectivity index (χ2n) is 5.27. The summed E-state index contributed by atoms with van der Waals surface area (Å²) in [6.07, 6.45) is 5.38. The molecule has 0 bridgehead atoms. The van der Waals surface area contributed by atoms with Crippen molar-refractivity contribution in [2.75, 3.05) is 12.3 Å². The fourth-order valence-electron chi connectivity index (χ4n) is 2.87. The molecule has 5 heteroatoms. The van der Waals surface area contributed by atoms with Crippen molar-refractivity contribution in [3.63, 3.8) is 0 Å². The maximum absolute atomic E-state index is 5.98. The number of nitrogens with two attached hydrogens (primary N) is 1. The van der Waals surface area contributed by atoms with Gasteiger partial charge in [0, 0.05) is 12.3 Å². The summed E-state index contributed by atoms with van der Waals surface area (Å²) < 4.78 is 8.05. The number of rotatable bonds is 2. The molecule has 3 heterocycles. The van der Waals surface area contributed by atoms with Gasteiger partial charge in [0.05, 0.1) is 18.0 Å². The lowest BCUT2D eigenvalue weighted by Crippen LogP contribution is -2.25. The number of aryl methyl sites for hydroxylation is 1. The number of nitrogen functional groups attached to an aromatic ring is 1. The van der Waals surface area contributed by atoms with Crippen LogP contribution < -0.4 is 5.73 Å². The van der Waals surface area contributed by atoms with Crippen LogP contribution in [0.2, 0.25) is 0 Å². The van der Waals surface area contributed by atoms with Gasteiger partial charge in [0.15, 0.2) is 0 Å². The van der Waals surface area contributed by atoms with Gasteiger partial charge in [-0.3, -0.25) is 0 Å². The largest absolute Gasteiger partial charge is 0.383 e. The Hall–Kier alpha value is -1.62. The SMILES string of the molecule is Cc1c(C)n(CC2CCCCO2)c2ncnc(N)c12.